The molecule has 23 heavy (non-hydrogen) atoms. The van der Waals surface area contributed by atoms with Gasteiger partial charge in [-0.25, -0.2) is 0 Å². The summed E-state index contributed by atoms with van der Waals surface area (Å²) in [5, 5.41) is 12.7. The van der Waals surface area contributed by atoms with Crippen LogP contribution in [-0.4, -0.2) is 5.11 Å². The van der Waals surface area contributed by atoms with Gasteiger partial charge in [-0.2, -0.15) is 0 Å². The SMILES string of the molecule is Cc1ccc2oc(-c3cccc4ccccc34)c(O)c(=O)c2c1. The minimum absolute atomic E-state index is 0.211. The Hall–Kier alpha value is -3.07. The van der Waals surface area contributed by atoms with E-state index in [1.807, 2.05) is 55.5 Å². The van der Waals surface area contributed by atoms with Crippen LogP contribution in [0.25, 0.3) is 33.1 Å². The van der Waals surface area contributed by atoms with Gasteiger partial charge >= 0.3 is 0 Å². The minimum atomic E-state index is -0.405. The molecule has 0 fully saturated rings. The summed E-state index contributed by atoms with van der Waals surface area (Å²) in [6.07, 6.45) is 0. The number of rotatable bonds is 1. The van der Waals surface area contributed by atoms with Crippen LogP contribution in [0.3, 0.4) is 0 Å². The highest BCUT2D eigenvalue weighted by atomic mass is 16.4. The molecule has 1 N–H and O–H groups in total. The van der Waals surface area contributed by atoms with Crippen LogP contribution in [-0.2, 0) is 0 Å². The van der Waals surface area contributed by atoms with E-state index in [-0.39, 0.29) is 11.5 Å². The second-order valence-electron chi connectivity index (χ2n) is 5.64. The van der Waals surface area contributed by atoms with Crippen molar-refractivity contribution in [3.63, 3.8) is 0 Å². The maximum Gasteiger partial charge on any atom is 0.235 e. The highest BCUT2D eigenvalue weighted by molar-refractivity contribution is 5.97. The Bertz CT molecular complexity index is 1100. The molecule has 0 amide bonds. The molecule has 0 unspecified atom stereocenters. The van der Waals surface area contributed by atoms with Crippen LogP contribution in [0.2, 0.25) is 0 Å². The van der Waals surface area contributed by atoms with E-state index in [9.17, 15) is 9.90 Å². The van der Waals surface area contributed by atoms with Gasteiger partial charge in [0.2, 0.25) is 11.2 Å². The molecule has 1 aromatic heterocycles. The fraction of sp³-hybridized carbons (Fsp3) is 0.0500. The van der Waals surface area contributed by atoms with E-state index in [1.54, 1.807) is 12.1 Å². The molecule has 0 atom stereocenters. The normalized spacial score (nSPS) is 11.2. The Labute approximate surface area is 132 Å². The molecule has 3 aromatic carbocycles. The van der Waals surface area contributed by atoms with Gasteiger partial charge in [0.05, 0.1) is 5.39 Å². The van der Waals surface area contributed by atoms with E-state index in [0.717, 1.165) is 16.3 Å². The lowest BCUT2D eigenvalue weighted by molar-refractivity contribution is 0.449. The molecule has 0 aliphatic rings. The lowest BCUT2D eigenvalue weighted by atomic mass is 10.0. The van der Waals surface area contributed by atoms with Gasteiger partial charge in [0.15, 0.2) is 5.76 Å². The Morgan fingerprint density at radius 2 is 1.70 bits per heavy atom. The van der Waals surface area contributed by atoms with Gasteiger partial charge in [-0.05, 0) is 29.8 Å². The summed E-state index contributed by atoms with van der Waals surface area (Å²) >= 11 is 0. The molecule has 0 spiro atoms. The van der Waals surface area contributed by atoms with Crippen molar-refractivity contribution in [3.8, 4) is 17.1 Å². The second-order valence-corrected chi connectivity index (χ2v) is 5.64. The summed E-state index contributed by atoms with van der Waals surface area (Å²) in [6.45, 7) is 1.90. The van der Waals surface area contributed by atoms with Crippen molar-refractivity contribution in [3.05, 3.63) is 76.5 Å². The van der Waals surface area contributed by atoms with E-state index in [1.165, 1.54) is 0 Å². The summed E-state index contributed by atoms with van der Waals surface area (Å²) in [7, 11) is 0. The predicted octanol–water partition coefficient (Wildman–Crippen LogP) is 4.63. The largest absolute Gasteiger partial charge is 0.502 e. The Morgan fingerprint density at radius 3 is 2.57 bits per heavy atom. The van der Waals surface area contributed by atoms with Crippen LogP contribution in [0.4, 0.5) is 0 Å². The molecule has 0 saturated heterocycles. The van der Waals surface area contributed by atoms with E-state index in [0.29, 0.717) is 16.5 Å². The molecular formula is C20H14O3. The first-order valence-electron chi connectivity index (χ1n) is 7.40. The van der Waals surface area contributed by atoms with E-state index in [2.05, 4.69) is 0 Å². The summed E-state index contributed by atoms with van der Waals surface area (Å²) in [5.74, 6) is -0.136. The fourth-order valence-electron chi connectivity index (χ4n) is 2.91. The molecule has 0 aliphatic heterocycles. The zero-order valence-electron chi connectivity index (χ0n) is 12.5. The first-order chi connectivity index (χ1) is 11.1. The highest BCUT2D eigenvalue weighted by Gasteiger charge is 2.17. The number of aromatic hydroxyl groups is 1. The van der Waals surface area contributed by atoms with Gasteiger partial charge in [-0.15, -0.1) is 0 Å². The van der Waals surface area contributed by atoms with Gasteiger partial charge in [0.1, 0.15) is 5.58 Å². The molecular weight excluding hydrogens is 288 g/mol. The maximum absolute atomic E-state index is 12.5. The van der Waals surface area contributed by atoms with Crippen molar-refractivity contribution < 1.29 is 9.52 Å². The monoisotopic (exact) mass is 302 g/mol. The summed E-state index contributed by atoms with van der Waals surface area (Å²) < 4.78 is 5.87. The zero-order valence-corrected chi connectivity index (χ0v) is 12.5. The Kier molecular flexibility index (Phi) is 2.95. The first kappa shape index (κ1) is 13.6. The van der Waals surface area contributed by atoms with Crippen molar-refractivity contribution in [2.24, 2.45) is 0 Å². The van der Waals surface area contributed by atoms with E-state index < -0.39 is 5.43 Å². The molecule has 0 radical (unpaired) electrons. The van der Waals surface area contributed by atoms with Gasteiger partial charge in [0.25, 0.3) is 0 Å². The number of aryl methyl sites for hydroxylation is 1. The molecule has 112 valence electrons. The smallest absolute Gasteiger partial charge is 0.235 e. The fourth-order valence-corrected chi connectivity index (χ4v) is 2.91. The summed E-state index contributed by atoms with van der Waals surface area (Å²) in [5.41, 5.74) is 1.72. The van der Waals surface area contributed by atoms with Crippen molar-refractivity contribution >= 4 is 21.7 Å². The highest BCUT2D eigenvalue weighted by Crippen LogP contribution is 2.34. The van der Waals surface area contributed by atoms with Crippen LogP contribution in [0.5, 0.6) is 5.75 Å². The lowest BCUT2D eigenvalue weighted by Crippen LogP contribution is -2.03. The second kappa shape index (κ2) is 4.99. The standard InChI is InChI=1S/C20H14O3/c1-12-9-10-17-16(11-12)18(21)19(22)20(23-17)15-8-4-6-13-5-2-3-7-14(13)15/h2-11,22H,1H3. The third kappa shape index (κ3) is 2.09. The van der Waals surface area contributed by atoms with Gasteiger partial charge in [-0.3, -0.25) is 4.79 Å². The maximum atomic E-state index is 12.5. The van der Waals surface area contributed by atoms with Crippen LogP contribution in [0, 0.1) is 6.92 Å². The van der Waals surface area contributed by atoms with Crippen molar-refractivity contribution in [2.75, 3.05) is 0 Å². The number of hydrogen-bond acceptors (Lipinski definition) is 3. The van der Waals surface area contributed by atoms with Crippen LogP contribution in [0.1, 0.15) is 5.56 Å². The molecule has 0 bridgehead atoms. The molecule has 1 heterocycles. The average Bonchev–Trinajstić information content (AvgIpc) is 2.58. The number of hydrogen-bond donors (Lipinski definition) is 1. The van der Waals surface area contributed by atoms with Crippen LogP contribution in [0.15, 0.2) is 69.9 Å². The van der Waals surface area contributed by atoms with Crippen LogP contribution < -0.4 is 5.43 Å². The molecule has 0 saturated carbocycles. The van der Waals surface area contributed by atoms with E-state index >= 15 is 0 Å². The molecule has 3 nitrogen and oxygen atoms in total. The summed E-state index contributed by atoms with van der Waals surface area (Å²) in [4.78, 5) is 12.5. The minimum Gasteiger partial charge on any atom is -0.502 e. The third-order valence-electron chi connectivity index (χ3n) is 4.06. The van der Waals surface area contributed by atoms with Crippen molar-refractivity contribution in [1.29, 1.82) is 0 Å². The van der Waals surface area contributed by atoms with Gasteiger partial charge in [0, 0.05) is 5.56 Å². The molecule has 4 rings (SSSR count). The Balaban J connectivity index is 2.11. The van der Waals surface area contributed by atoms with Crippen molar-refractivity contribution in [1.82, 2.24) is 0 Å². The van der Waals surface area contributed by atoms with Gasteiger partial charge in [-0.1, -0.05) is 54.1 Å². The predicted molar refractivity (Wildman–Crippen MR) is 91.8 cm³/mol. The average molecular weight is 302 g/mol. The van der Waals surface area contributed by atoms with Crippen LogP contribution >= 0.6 is 0 Å². The topological polar surface area (TPSA) is 50.4 Å². The first-order valence-corrected chi connectivity index (χ1v) is 7.40. The third-order valence-corrected chi connectivity index (χ3v) is 4.06. The molecule has 0 aliphatic carbocycles. The van der Waals surface area contributed by atoms with Gasteiger partial charge < -0.3 is 9.52 Å². The lowest BCUT2D eigenvalue weighted by Gasteiger charge is -2.09. The molecule has 3 heteroatoms. The summed E-state index contributed by atoms with van der Waals surface area (Å²) in [6, 6.07) is 18.9. The number of fused-ring (bicyclic) bond motifs is 2. The Morgan fingerprint density at radius 1 is 0.913 bits per heavy atom. The zero-order chi connectivity index (χ0) is 16.0. The van der Waals surface area contributed by atoms with E-state index in [4.69, 9.17) is 4.42 Å². The van der Waals surface area contributed by atoms with Crippen molar-refractivity contribution in [2.45, 2.75) is 6.92 Å². The number of benzene rings is 3. The molecule has 4 aromatic rings. The quantitative estimate of drug-likeness (QED) is 0.558.